The number of hydrogen-bond donors (Lipinski definition) is 0. The van der Waals surface area contributed by atoms with E-state index >= 15 is 0 Å². The zero-order valence-electron chi connectivity index (χ0n) is 2.08. The Balaban J connectivity index is 0. The van der Waals surface area contributed by atoms with Crippen molar-refractivity contribution in [1.29, 1.82) is 0 Å². The van der Waals surface area contributed by atoms with Crippen molar-refractivity contribution in [1.82, 2.24) is 0 Å². The molecule has 0 bridgehead atoms. The minimum absolute atomic E-state index is 0. The molecule has 0 aliphatic heterocycles. The molecular formula is H6Cl3FeNaO. The topological polar surface area (TPSA) is 31.5 Å². The van der Waals surface area contributed by atoms with Crippen molar-refractivity contribution in [2.24, 2.45) is 0 Å². The molecule has 0 amide bonds. The summed E-state index contributed by atoms with van der Waals surface area (Å²) in [5, 5.41) is 0. The van der Waals surface area contributed by atoms with Gasteiger partial charge in [-0.25, -0.2) is 0 Å². The summed E-state index contributed by atoms with van der Waals surface area (Å²) in [7, 11) is 0. The first-order chi connectivity index (χ1) is 0. The van der Waals surface area contributed by atoms with Crippen molar-refractivity contribution in [3.05, 3.63) is 0 Å². The maximum absolute atomic E-state index is 0. The molecule has 6 heteroatoms. The van der Waals surface area contributed by atoms with Crippen LogP contribution in [0.5, 0.6) is 0 Å². The quantitative estimate of drug-likeness (QED) is 0.492. The Kier molecular flexibility index (Phi) is 731. The van der Waals surface area contributed by atoms with Gasteiger partial charge in [-0.05, 0) is 0 Å². The summed E-state index contributed by atoms with van der Waals surface area (Å²) in [5.41, 5.74) is 0. The van der Waals surface area contributed by atoms with E-state index in [2.05, 4.69) is 0 Å². The number of hydrogen-bond acceptors (Lipinski definition) is 0. The summed E-state index contributed by atoms with van der Waals surface area (Å²) in [5.74, 6) is 0. The Morgan fingerprint density at radius 3 is 0.667 bits per heavy atom. The van der Waals surface area contributed by atoms with E-state index in [9.17, 15) is 0 Å². The first kappa shape index (κ1) is 81.7. The molecule has 0 spiro atoms. The van der Waals surface area contributed by atoms with E-state index in [1.807, 2.05) is 0 Å². The average molecular weight is 207 g/mol. The predicted molar refractivity (Wildman–Crippen MR) is 32.5 cm³/mol. The molecule has 0 atom stereocenters. The first-order valence-electron chi connectivity index (χ1n) is 0. The summed E-state index contributed by atoms with van der Waals surface area (Å²) < 4.78 is 0. The molecule has 0 saturated heterocycles. The molecule has 0 aromatic carbocycles. The van der Waals surface area contributed by atoms with E-state index in [0.717, 1.165) is 0 Å². The van der Waals surface area contributed by atoms with Gasteiger partial charge < -0.3 is 5.48 Å². The monoisotopic (exact) mass is 206 g/mol. The average Bonchev–Trinajstić information content (AvgIpc) is 0. The van der Waals surface area contributed by atoms with Gasteiger partial charge in [0.25, 0.3) is 0 Å². The third-order valence-electron chi connectivity index (χ3n) is 0. The summed E-state index contributed by atoms with van der Waals surface area (Å²) in [6.45, 7) is 0. The van der Waals surface area contributed by atoms with Crippen LogP contribution in [0.15, 0.2) is 0 Å². The van der Waals surface area contributed by atoms with Gasteiger partial charge in [0.05, 0.1) is 0 Å². The molecule has 0 heterocycles. The van der Waals surface area contributed by atoms with Crippen LogP contribution < -0.4 is 0 Å². The summed E-state index contributed by atoms with van der Waals surface area (Å²) >= 11 is 0. The van der Waals surface area contributed by atoms with Gasteiger partial charge >= 0.3 is 29.6 Å². The zero-order valence-corrected chi connectivity index (χ0v) is 5.63. The van der Waals surface area contributed by atoms with Crippen LogP contribution in [0.3, 0.4) is 0 Å². The van der Waals surface area contributed by atoms with Crippen molar-refractivity contribution in [2.75, 3.05) is 0 Å². The molecule has 0 aromatic heterocycles. The normalized spacial score (nSPS) is 0. The van der Waals surface area contributed by atoms with Crippen LogP contribution in [0.4, 0.5) is 0 Å². The summed E-state index contributed by atoms with van der Waals surface area (Å²) in [4.78, 5) is 0. The van der Waals surface area contributed by atoms with Crippen molar-refractivity contribution in [2.45, 2.75) is 0 Å². The Bertz CT molecular complexity index is 10.8. The van der Waals surface area contributed by atoms with Crippen LogP contribution in [0, 0.1) is 0 Å². The van der Waals surface area contributed by atoms with E-state index in [-0.39, 0.29) is 89.3 Å². The molecule has 0 unspecified atom stereocenters. The number of halogens is 3. The van der Waals surface area contributed by atoms with Crippen LogP contribution in [0.1, 0.15) is 0 Å². The molecule has 0 radical (unpaired) electrons. The van der Waals surface area contributed by atoms with Gasteiger partial charge in [-0.15, -0.1) is 37.2 Å². The molecule has 6 heavy (non-hydrogen) atoms. The second-order valence-electron chi connectivity index (χ2n) is 0. The predicted octanol–water partition coefficient (Wildman–Crippen LogP) is -0.210. The molecule has 0 aromatic rings. The molecule has 0 aliphatic carbocycles. The van der Waals surface area contributed by atoms with Crippen molar-refractivity contribution in [3.8, 4) is 0 Å². The SMILES string of the molecule is Cl.Cl.Cl.O.[Fe].[NaH]. The molecule has 0 fully saturated rings. The van der Waals surface area contributed by atoms with Crippen LogP contribution in [-0.4, -0.2) is 35.0 Å². The summed E-state index contributed by atoms with van der Waals surface area (Å²) in [6, 6.07) is 0. The number of rotatable bonds is 0. The van der Waals surface area contributed by atoms with Crippen molar-refractivity contribution >= 4 is 66.8 Å². The van der Waals surface area contributed by atoms with Crippen LogP contribution in [0.25, 0.3) is 0 Å². The first-order valence-corrected chi connectivity index (χ1v) is 0. The van der Waals surface area contributed by atoms with Crippen LogP contribution in [0.2, 0.25) is 0 Å². The third kappa shape index (κ3) is 32.9. The Morgan fingerprint density at radius 1 is 0.667 bits per heavy atom. The minimum atomic E-state index is 0. The molecule has 0 saturated carbocycles. The fraction of sp³-hybridized carbons (Fsp3) is 0. The Hall–Kier alpha value is 2.35. The van der Waals surface area contributed by atoms with E-state index < -0.39 is 0 Å². The van der Waals surface area contributed by atoms with Crippen molar-refractivity contribution < 1.29 is 22.5 Å². The van der Waals surface area contributed by atoms with E-state index in [1.165, 1.54) is 0 Å². The second kappa shape index (κ2) is 53.7. The van der Waals surface area contributed by atoms with Crippen LogP contribution in [-0.2, 0) is 17.1 Å². The summed E-state index contributed by atoms with van der Waals surface area (Å²) in [6.07, 6.45) is 0. The van der Waals surface area contributed by atoms with E-state index in [4.69, 9.17) is 0 Å². The molecular weight excluding hydrogens is 201 g/mol. The molecule has 42 valence electrons. The van der Waals surface area contributed by atoms with Gasteiger partial charge in [0.2, 0.25) is 0 Å². The van der Waals surface area contributed by atoms with Crippen molar-refractivity contribution in [3.63, 3.8) is 0 Å². The molecule has 2 N–H and O–H groups in total. The van der Waals surface area contributed by atoms with Gasteiger partial charge in [0.15, 0.2) is 0 Å². The van der Waals surface area contributed by atoms with E-state index in [1.54, 1.807) is 0 Å². The van der Waals surface area contributed by atoms with Gasteiger partial charge in [0, 0.05) is 17.1 Å². The standard InChI is InChI=1S/3ClH.Fe.Na.H2O.H/h3*1H;;;1H2;. The van der Waals surface area contributed by atoms with Crippen LogP contribution >= 0.6 is 37.2 Å². The van der Waals surface area contributed by atoms with E-state index in [0.29, 0.717) is 0 Å². The maximum atomic E-state index is 0. The molecule has 0 rings (SSSR count). The molecule has 1 nitrogen and oxygen atoms in total. The Labute approximate surface area is 88.3 Å². The fourth-order valence-electron chi connectivity index (χ4n) is 0. The van der Waals surface area contributed by atoms with Gasteiger partial charge in [-0.2, -0.15) is 0 Å². The van der Waals surface area contributed by atoms with Gasteiger partial charge in [-0.3, -0.25) is 0 Å². The van der Waals surface area contributed by atoms with Gasteiger partial charge in [-0.1, -0.05) is 0 Å². The second-order valence-corrected chi connectivity index (χ2v) is 0. The third-order valence-corrected chi connectivity index (χ3v) is 0. The van der Waals surface area contributed by atoms with Gasteiger partial charge in [0.1, 0.15) is 0 Å². The Morgan fingerprint density at radius 2 is 0.667 bits per heavy atom. The molecule has 0 aliphatic rings. The fourth-order valence-corrected chi connectivity index (χ4v) is 0. The zero-order chi connectivity index (χ0) is 0.